The second-order valence-corrected chi connectivity index (χ2v) is 7.02. The van der Waals surface area contributed by atoms with Crippen LogP contribution in [0.25, 0.3) is 6.08 Å². The number of hydrogen-bond donors (Lipinski definition) is 1. The summed E-state index contributed by atoms with van der Waals surface area (Å²) in [5.41, 5.74) is 3.83. The highest BCUT2D eigenvalue weighted by Gasteiger charge is 2.28. The number of aryl methyl sites for hydroxylation is 1. The molecule has 0 saturated heterocycles. The lowest BCUT2D eigenvalue weighted by atomic mass is 10.1. The van der Waals surface area contributed by atoms with Crippen LogP contribution in [0.5, 0.6) is 11.5 Å². The van der Waals surface area contributed by atoms with Crippen molar-refractivity contribution < 1.29 is 14.6 Å². The van der Waals surface area contributed by atoms with Gasteiger partial charge in [0.2, 0.25) is 0 Å². The second-order valence-electron chi connectivity index (χ2n) is 6.16. The number of anilines is 1. The van der Waals surface area contributed by atoms with Crippen molar-refractivity contribution in [2.45, 2.75) is 27.2 Å². The number of phenolic OH excluding ortho intramolecular Hbond substituents is 1. The minimum absolute atomic E-state index is 0.0415. The molecule has 1 N–H and O–H groups in total. The van der Waals surface area contributed by atoms with Gasteiger partial charge in [0.1, 0.15) is 0 Å². The maximum absolute atomic E-state index is 12.9. The average molecular weight is 429 g/mol. The zero-order chi connectivity index (χ0) is 19.6. The van der Waals surface area contributed by atoms with Crippen LogP contribution in [0, 0.1) is 0 Å². The fourth-order valence-corrected chi connectivity index (χ4v) is 3.30. The maximum Gasteiger partial charge on any atom is 0.280 e. The molecule has 2 aromatic carbocycles. The first-order chi connectivity index (χ1) is 12.9. The van der Waals surface area contributed by atoms with Crippen LogP contribution in [0.15, 0.2) is 51.5 Å². The number of nitrogens with zero attached hydrogens (tertiary/aromatic N) is 2. The third kappa shape index (κ3) is 3.90. The van der Waals surface area contributed by atoms with E-state index in [1.54, 1.807) is 18.2 Å². The minimum atomic E-state index is -0.182. The molecule has 1 aliphatic rings. The first-order valence-electron chi connectivity index (χ1n) is 8.80. The highest BCUT2D eigenvalue weighted by molar-refractivity contribution is 9.10. The van der Waals surface area contributed by atoms with Crippen molar-refractivity contribution in [3.63, 3.8) is 0 Å². The molecule has 2 aromatic rings. The van der Waals surface area contributed by atoms with Gasteiger partial charge < -0.3 is 9.84 Å². The molecule has 0 saturated carbocycles. The Labute approximate surface area is 167 Å². The van der Waals surface area contributed by atoms with Crippen LogP contribution in [0.2, 0.25) is 0 Å². The van der Waals surface area contributed by atoms with E-state index in [0.717, 1.165) is 17.7 Å². The van der Waals surface area contributed by atoms with E-state index in [1.807, 2.05) is 38.1 Å². The molecule has 1 amide bonds. The maximum atomic E-state index is 12.9. The van der Waals surface area contributed by atoms with Crippen molar-refractivity contribution in [1.82, 2.24) is 0 Å². The van der Waals surface area contributed by atoms with E-state index in [-0.39, 0.29) is 11.7 Å². The number of rotatable bonds is 5. The highest BCUT2D eigenvalue weighted by atomic mass is 79.9. The van der Waals surface area contributed by atoms with E-state index in [4.69, 9.17) is 4.74 Å². The van der Waals surface area contributed by atoms with Crippen molar-refractivity contribution in [2.24, 2.45) is 5.10 Å². The molecular weight excluding hydrogens is 408 g/mol. The predicted octanol–water partition coefficient (Wildman–Crippen LogP) is 4.92. The van der Waals surface area contributed by atoms with E-state index in [2.05, 4.69) is 28.0 Å². The Bertz CT molecular complexity index is 933. The third-order valence-corrected chi connectivity index (χ3v) is 4.92. The Morgan fingerprint density at radius 1 is 1.22 bits per heavy atom. The van der Waals surface area contributed by atoms with Gasteiger partial charge in [0.05, 0.1) is 28.1 Å². The second kappa shape index (κ2) is 7.96. The van der Waals surface area contributed by atoms with Gasteiger partial charge in [-0.05, 0) is 77.7 Å². The van der Waals surface area contributed by atoms with E-state index in [9.17, 15) is 9.90 Å². The number of phenols is 1. The smallest absolute Gasteiger partial charge is 0.280 e. The number of carbonyl (C=O) groups excluding carboxylic acids is 1. The summed E-state index contributed by atoms with van der Waals surface area (Å²) in [6.07, 6.45) is 2.70. The van der Waals surface area contributed by atoms with Crippen molar-refractivity contribution >= 4 is 39.3 Å². The molecule has 0 aliphatic carbocycles. The number of amides is 1. The summed E-state index contributed by atoms with van der Waals surface area (Å²) in [6, 6.07) is 11.3. The van der Waals surface area contributed by atoms with Crippen LogP contribution in [-0.2, 0) is 11.2 Å². The molecule has 0 aromatic heterocycles. The number of benzene rings is 2. The average Bonchev–Trinajstić information content (AvgIpc) is 2.94. The molecule has 6 heteroatoms. The van der Waals surface area contributed by atoms with Crippen molar-refractivity contribution in [1.29, 1.82) is 0 Å². The van der Waals surface area contributed by atoms with Crippen LogP contribution in [0.4, 0.5) is 5.69 Å². The first-order valence-corrected chi connectivity index (χ1v) is 9.59. The lowest BCUT2D eigenvalue weighted by molar-refractivity contribution is -0.114. The quantitative estimate of drug-likeness (QED) is 0.687. The highest BCUT2D eigenvalue weighted by Crippen LogP contribution is 2.36. The van der Waals surface area contributed by atoms with Gasteiger partial charge in [0.25, 0.3) is 5.91 Å². The number of hydrogen-bond acceptors (Lipinski definition) is 4. The van der Waals surface area contributed by atoms with Crippen LogP contribution >= 0.6 is 15.9 Å². The molecule has 1 heterocycles. The standard InChI is InChI=1S/C21H21BrN2O3/c1-4-14-6-8-16(9-7-14)24-21(26)17(13(3)23-24)10-15-11-18(22)20(25)19(12-15)27-5-2/h6-12,25H,4-5H2,1-3H3/b17-10-. The largest absolute Gasteiger partial charge is 0.503 e. The molecule has 5 nitrogen and oxygen atoms in total. The molecule has 0 atom stereocenters. The number of hydrazone groups is 1. The third-order valence-electron chi connectivity index (χ3n) is 4.31. The van der Waals surface area contributed by atoms with Crippen LogP contribution in [-0.4, -0.2) is 23.3 Å². The number of aromatic hydroxyl groups is 1. The molecule has 0 spiro atoms. The summed E-state index contributed by atoms with van der Waals surface area (Å²) < 4.78 is 5.96. The van der Waals surface area contributed by atoms with E-state index in [1.165, 1.54) is 10.6 Å². The van der Waals surface area contributed by atoms with E-state index < -0.39 is 0 Å². The van der Waals surface area contributed by atoms with E-state index in [0.29, 0.717) is 28.1 Å². The molecule has 140 valence electrons. The van der Waals surface area contributed by atoms with E-state index >= 15 is 0 Å². The van der Waals surface area contributed by atoms with Crippen LogP contribution in [0.3, 0.4) is 0 Å². The summed E-state index contributed by atoms with van der Waals surface area (Å²) in [7, 11) is 0. The number of ether oxygens (including phenoxy) is 1. The van der Waals surface area contributed by atoms with Gasteiger partial charge in [-0.25, -0.2) is 0 Å². The topological polar surface area (TPSA) is 62.1 Å². The van der Waals surface area contributed by atoms with Gasteiger partial charge in [0, 0.05) is 0 Å². The van der Waals surface area contributed by atoms with Crippen LogP contribution in [0.1, 0.15) is 31.9 Å². The van der Waals surface area contributed by atoms with Gasteiger partial charge in [-0.1, -0.05) is 19.1 Å². The van der Waals surface area contributed by atoms with Gasteiger partial charge in [-0.2, -0.15) is 10.1 Å². The Kier molecular flexibility index (Phi) is 5.65. The molecular formula is C21H21BrN2O3. The summed E-state index contributed by atoms with van der Waals surface area (Å²) in [6.45, 7) is 6.17. The zero-order valence-corrected chi connectivity index (χ0v) is 17.1. The van der Waals surface area contributed by atoms with Crippen molar-refractivity contribution in [2.75, 3.05) is 11.6 Å². The number of halogens is 1. The monoisotopic (exact) mass is 428 g/mol. The number of carbonyl (C=O) groups is 1. The van der Waals surface area contributed by atoms with Crippen molar-refractivity contribution in [3.05, 3.63) is 57.6 Å². The fraction of sp³-hybridized carbons (Fsp3) is 0.238. The predicted molar refractivity (Wildman–Crippen MR) is 111 cm³/mol. The SMILES string of the molecule is CCOc1cc(/C=C2\C(=O)N(c3ccc(CC)cc3)N=C2C)cc(Br)c1O. The normalized spacial score (nSPS) is 15.4. The lowest BCUT2D eigenvalue weighted by Crippen LogP contribution is -2.21. The Morgan fingerprint density at radius 3 is 2.56 bits per heavy atom. The Morgan fingerprint density at radius 2 is 1.93 bits per heavy atom. The summed E-state index contributed by atoms with van der Waals surface area (Å²) in [5, 5.41) is 15.9. The molecule has 0 unspecified atom stereocenters. The Hall–Kier alpha value is -2.60. The van der Waals surface area contributed by atoms with Gasteiger partial charge in [-0.15, -0.1) is 0 Å². The minimum Gasteiger partial charge on any atom is -0.503 e. The van der Waals surface area contributed by atoms with Gasteiger partial charge in [0.15, 0.2) is 11.5 Å². The Balaban J connectivity index is 1.93. The van der Waals surface area contributed by atoms with Gasteiger partial charge in [-0.3, -0.25) is 4.79 Å². The van der Waals surface area contributed by atoms with Crippen molar-refractivity contribution in [3.8, 4) is 11.5 Å². The summed E-state index contributed by atoms with van der Waals surface area (Å²) in [4.78, 5) is 12.9. The molecule has 1 aliphatic heterocycles. The molecule has 3 rings (SSSR count). The lowest BCUT2D eigenvalue weighted by Gasteiger charge is -2.12. The van der Waals surface area contributed by atoms with Crippen LogP contribution < -0.4 is 9.75 Å². The zero-order valence-electron chi connectivity index (χ0n) is 15.5. The molecule has 0 fully saturated rings. The fourth-order valence-electron chi connectivity index (χ4n) is 2.84. The molecule has 27 heavy (non-hydrogen) atoms. The first kappa shape index (κ1) is 19.2. The van der Waals surface area contributed by atoms with Gasteiger partial charge >= 0.3 is 0 Å². The molecule has 0 bridgehead atoms. The summed E-state index contributed by atoms with van der Waals surface area (Å²) in [5.74, 6) is 0.226. The summed E-state index contributed by atoms with van der Waals surface area (Å²) >= 11 is 3.32. The molecule has 0 radical (unpaired) electrons.